The molecule has 2 N–H and O–H groups in total. The summed E-state index contributed by atoms with van der Waals surface area (Å²) in [7, 11) is 0. The largest absolute Gasteiger partial charge is 0.416 e. The summed E-state index contributed by atoms with van der Waals surface area (Å²) in [4.78, 5) is 16.5. The zero-order valence-electron chi connectivity index (χ0n) is 14.9. The summed E-state index contributed by atoms with van der Waals surface area (Å²) in [6, 6.07) is 6.61. The fourth-order valence-electron chi connectivity index (χ4n) is 3.28. The van der Waals surface area contributed by atoms with Crippen molar-refractivity contribution >= 4 is 17.3 Å². The molecule has 4 nitrogen and oxygen atoms in total. The van der Waals surface area contributed by atoms with Gasteiger partial charge >= 0.3 is 6.18 Å². The number of nitrogens with one attached hydrogen (secondary N) is 2. The van der Waals surface area contributed by atoms with E-state index in [4.69, 9.17) is 0 Å². The average molecular weight is 377 g/mol. The Morgan fingerprint density at radius 1 is 1.00 bits per heavy atom. The van der Waals surface area contributed by atoms with Crippen LogP contribution in [0, 0.1) is 0 Å². The molecule has 1 amide bonds. The quantitative estimate of drug-likeness (QED) is 0.693. The number of halogens is 3. The molecule has 1 aliphatic rings. The number of aromatic nitrogens is 1. The molecule has 0 unspecified atom stereocenters. The van der Waals surface area contributed by atoms with Gasteiger partial charge in [0.15, 0.2) is 0 Å². The van der Waals surface area contributed by atoms with Crippen LogP contribution in [0.2, 0.25) is 0 Å². The van der Waals surface area contributed by atoms with Crippen LogP contribution >= 0.6 is 0 Å². The van der Waals surface area contributed by atoms with Gasteiger partial charge in [0.1, 0.15) is 0 Å². The van der Waals surface area contributed by atoms with Crippen LogP contribution in [0.5, 0.6) is 0 Å². The topological polar surface area (TPSA) is 54.0 Å². The Kier molecular flexibility index (Phi) is 5.98. The van der Waals surface area contributed by atoms with Crippen LogP contribution in [0.4, 0.5) is 24.5 Å². The van der Waals surface area contributed by atoms with E-state index in [1.165, 1.54) is 44.0 Å². The van der Waals surface area contributed by atoms with Gasteiger partial charge in [-0.15, -0.1) is 0 Å². The van der Waals surface area contributed by atoms with Gasteiger partial charge in [0, 0.05) is 24.1 Å². The Balaban J connectivity index is 1.68. The number of benzene rings is 1. The molecular weight excluding hydrogens is 355 g/mol. The fraction of sp³-hybridized carbons (Fsp3) is 0.400. The lowest BCUT2D eigenvalue weighted by Crippen LogP contribution is -2.19. The molecule has 0 bridgehead atoms. The number of rotatable bonds is 4. The minimum Gasteiger partial charge on any atom is -0.381 e. The van der Waals surface area contributed by atoms with Crippen LogP contribution in [0.15, 0.2) is 42.7 Å². The summed E-state index contributed by atoms with van der Waals surface area (Å²) in [5.41, 5.74) is 0.337. The SMILES string of the molecule is O=C(Nc1cccc(C(F)(F)F)c1)c1cncc(NC2CCCCCC2)c1. The van der Waals surface area contributed by atoms with Crippen molar-refractivity contribution in [1.82, 2.24) is 4.98 Å². The third-order valence-corrected chi connectivity index (χ3v) is 4.67. The summed E-state index contributed by atoms with van der Waals surface area (Å²) in [5, 5.41) is 5.92. The molecule has 1 fully saturated rings. The second-order valence-corrected chi connectivity index (χ2v) is 6.83. The highest BCUT2D eigenvalue weighted by atomic mass is 19.4. The molecule has 0 spiro atoms. The number of hydrogen-bond donors (Lipinski definition) is 2. The predicted molar refractivity (Wildman–Crippen MR) is 98.7 cm³/mol. The van der Waals surface area contributed by atoms with Crippen LogP contribution in [0.1, 0.15) is 54.4 Å². The molecule has 7 heteroatoms. The van der Waals surface area contributed by atoms with Gasteiger partial charge in [-0.3, -0.25) is 9.78 Å². The van der Waals surface area contributed by atoms with Gasteiger partial charge in [0.05, 0.1) is 16.8 Å². The van der Waals surface area contributed by atoms with E-state index in [1.807, 2.05) is 0 Å². The monoisotopic (exact) mass is 377 g/mol. The van der Waals surface area contributed by atoms with E-state index in [0.717, 1.165) is 30.7 Å². The average Bonchev–Trinajstić information content (AvgIpc) is 2.90. The Morgan fingerprint density at radius 2 is 1.74 bits per heavy atom. The molecule has 0 saturated heterocycles. The Hall–Kier alpha value is -2.57. The standard InChI is InChI=1S/C20H22F3N3O/c21-20(22,23)15-6-5-9-17(11-15)26-19(27)14-10-18(13-24-12-14)25-16-7-3-1-2-4-8-16/h5-6,9-13,16,25H,1-4,7-8H2,(H,26,27). The van der Waals surface area contributed by atoms with Gasteiger partial charge in [-0.25, -0.2) is 0 Å². The fourth-order valence-corrected chi connectivity index (χ4v) is 3.28. The molecule has 0 radical (unpaired) electrons. The van der Waals surface area contributed by atoms with Crippen LogP contribution in [-0.4, -0.2) is 16.9 Å². The Labute approximate surface area is 156 Å². The lowest BCUT2D eigenvalue weighted by Gasteiger charge is -2.17. The lowest BCUT2D eigenvalue weighted by atomic mass is 10.1. The molecule has 144 valence electrons. The van der Waals surface area contributed by atoms with E-state index in [9.17, 15) is 18.0 Å². The number of pyridine rings is 1. The minimum absolute atomic E-state index is 0.0944. The van der Waals surface area contributed by atoms with E-state index in [0.29, 0.717) is 11.6 Å². The molecule has 27 heavy (non-hydrogen) atoms. The summed E-state index contributed by atoms with van der Waals surface area (Å²) >= 11 is 0. The first-order valence-electron chi connectivity index (χ1n) is 9.12. The second kappa shape index (κ2) is 8.41. The molecule has 1 saturated carbocycles. The van der Waals surface area contributed by atoms with Gasteiger partial charge in [-0.1, -0.05) is 31.7 Å². The zero-order chi connectivity index (χ0) is 19.3. The number of anilines is 2. The molecule has 1 aromatic heterocycles. The highest BCUT2D eigenvalue weighted by molar-refractivity contribution is 6.04. The van der Waals surface area contributed by atoms with Crippen LogP contribution in [0.3, 0.4) is 0 Å². The van der Waals surface area contributed by atoms with Crippen LogP contribution < -0.4 is 10.6 Å². The van der Waals surface area contributed by atoms with E-state index in [2.05, 4.69) is 15.6 Å². The van der Waals surface area contributed by atoms with Crippen molar-refractivity contribution in [2.24, 2.45) is 0 Å². The maximum absolute atomic E-state index is 12.8. The van der Waals surface area contributed by atoms with Gasteiger partial charge in [0.25, 0.3) is 5.91 Å². The molecule has 1 heterocycles. The Morgan fingerprint density at radius 3 is 2.44 bits per heavy atom. The van der Waals surface area contributed by atoms with Gasteiger partial charge < -0.3 is 10.6 Å². The summed E-state index contributed by atoms with van der Waals surface area (Å²) in [5.74, 6) is -0.494. The lowest BCUT2D eigenvalue weighted by molar-refractivity contribution is -0.137. The normalized spacial score (nSPS) is 15.8. The number of carbonyl (C=O) groups is 1. The minimum atomic E-state index is -4.45. The third kappa shape index (κ3) is 5.45. The molecule has 0 aliphatic heterocycles. The van der Waals surface area contributed by atoms with Crippen LogP contribution in [0.25, 0.3) is 0 Å². The van der Waals surface area contributed by atoms with E-state index in [1.54, 1.807) is 12.3 Å². The molecule has 0 atom stereocenters. The molecule has 3 rings (SSSR count). The van der Waals surface area contributed by atoms with Crippen molar-refractivity contribution in [2.75, 3.05) is 10.6 Å². The van der Waals surface area contributed by atoms with Crippen molar-refractivity contribution < 1.29 is 18.0 Å². The van der Waals surface area contributed by atoms with Gasteiger partial charge in [-0.05, 0) is 37.1 Å². The highest BCUT2D eigenvalue weighted by Crippen LogP contribution is 2.30. The second-order valence-electron chi connectivity index (χ2n) is 6.83. The maximum atomic E-state index is 12.8. The first-order chi connectivity index (χ1) is 12.9. The van der Waals surface area contributed by atoms with Gasteiger partial charge in [0.2, 0.25) is 0 Å². The highest BCUT2D eigenvalue weighted by Gasteiger charge is 2.30. The summed E-state index contributed by atoms with van der Waals surface area (Å²) in [6.45, 7) is 0. The van der Waals surface area contributed by atoms with E-state index >= 15 is 0 Å². The van der Waals surface area contributed by atoms with Crippen molar-refractivity contribution in [3.63, 3.8) is 0 Å². The Bertz CT molecular complexity index is 784. The number of alkyl halides is 3. The number of amides is 1. The number of hydrogen-bond acceptors (Lipinski definition) is 3. The molecule has 1 aliphatic carbocycles. The van der Waals surface area contributed by atoms with Crippen molar-refractivity contribution in [3.8, 4) is 0 Å². The maximum Gasteiger partial charge on any atom is 0.416 e. The number of nitrogens with zero attached hydrogens (tertiary/aromatic N) is 1. The van der Waals surface area contributed by atoms with Crippen LogP contribution in [-0.2, 0) is 6.18 Å². The van der Waals surface area contributed by atoms with E-state index in [-0.39, 0.29) is 5.69 Å². The van der Waals surface area contributed by atoms with Crippen molar-refractivity contribution in [2.45, 2.75) is 50.7 Å². The van der Waals surface area contributed by atoms with Gasteiger partial charge in [-0.2, -0.15) is 13.2 Å². The van der Waals surface area contributed by atoms with Crippen molar-refractivity contribution in [1.29, 1.82) is 0 Å². The first-order valence-corrected chi connectivity index (χ1v) is 9.12. The zero-order valence-corrected chi connectivity index (χ0v) is 14.9. The van der Waals surface area contributed by atoms with E-state index < -0.39 is 17.6 Å². The summed E-state index contributed by atoms with van der Waals surface area (Å²) in [6.07, 6.45) is 5.63. The number of carbonyl (C=O) groups excluding carboxylic acids is 1. The third-order valence-electron chi connectivity index (χ3n) is 4.67. The molecule has 1 aromatic carbocycles. The predicted octanol–water partition coefficient (Wildman–Crippen LogP) is 5.49. The summed E-state index contributed by atoms with van der Waals surface area (Å²) < 4.78 is 38.4. The first kappa shape index (κ1) is 19.2. The smallest absolute Gasteiger partial charge is 0.381 e. The molecular formula is C20H22F3N3O. The van der Waals surface area contributed by atoms with Crippen molar-refractivity contribution in [3.05, 3.63) is 53.9 Å². The molecule has 2 aromatic rings.